The number of hydrogen-bond donors (Lipinski definition) is 0. The summed E-state index contributed by atoms with van der Waals surface area (Å²) in [6, 6.07) is 15.2. The number of benzene rings is 2. The predicted molar refractivity (Wildman–Crippen MR) is 168 cm³/mol. The Hall–Kier alpha value is -1.11. The molecule has 1 atom stereocenters. The maximum atomic E-state index is 2.76. The SMILES string of the molecule is CC1C=C([Si](C)(C)C)C=[C]1[Zr](=[C]1CCCCC1)[CH]1c2ccc(C(C)(C)C)cc2-c2cc(C(C)(C)C)ccc21. The number of allylic oxidation sites excluding steroid dienone is 4. The summed E-state index contributed by atoms with van der Waals surface area (Å²) in [5.74, 6) is 0.621. The van der Waals surface area contributed by atoms with Crippen LogP contribution in [-0.2, 0) is 32.1 Å². The Morgan fingerprint density at radius 3 is 1.66 bits per heavy atom. The summed E-state index contributed by atoms with van der Waals surface area (Å²) in [5.41, 5.74) is 9.65. The normalized spacial score (nSPS) is 20.3. The summed E-state index contributed by atoms with van der Waals surface area (Å²) >= 11 is -2.24. The molecular formula is C36H50SiZr. The van der Waals surface area contributed by atoms with Gasteiger partial charge in [-0.15, -0.1) is 0 Å². The van der Waals surface area contributed by atoms with E-state index in [1.807, 2.05) is 6.49 Å². The predicted octanol–water partition coefficient (Wildman–Crippen LogP) is 10.4. The van der Waals surface area contributed by atoms with Crippen molar-refractivity contribution in [2.75, 3.05) is 0 Å². The molecule has 2 aromatic carbocycles. The van der Waals surface area contributed by atoms with Gasteiger partial charge >= 0.3 is 244 Å². The van der Waals surface area contributed by atoms with Crippen molar-refractivity contribution in [3.8, 4) is 11.1 Å². The first-order chi connectivity index (χ1) is 17.7. The van der Waals surface area contributed by atoms with Gasteiger partial charge in [-0.05, 0) is 0 Å². The van der Waals surface area contributed by atoms with Crippen molar-refractivity contribution in [2.24, 2.45) is 5.92 Å². The molecule has 1 fully saturated rings. The van der Waals surface area contributed by atoms with Crippen LogP contribution in [0.15, 0.2) is 57.0 Å². The van der Waals surface area contributed by atoms with E-state index in [9.17, 15) is 0 Å². The van der Waals surface area contributed by atoms with E-state index in [1.54, 1.807) is 27.5 Å². The summed E-state index contributed by atoms with van der Waals surface area (Å²) < 4.78 is 4.54. The molecule has 3 aliphatic rings. The molecule has 0 bridgehead atoms. The van der Waals surface area contributed by atoms with E-state index in [4.69, 9.17) is 0 Å². The molecule has 1 unspecified atom stereocenters. The molecule has 0 radical (unpaired) electrons. The van der Waals surface area contributed by atoms with E-state index in [2.05, 4.69) is 117 Å². The Balaban J connectivity index is 1.77. The Bertz CT molecular complexity index is 1280. The Kier molecular flexibility index (Phi) is 7.53. The quantitative estimate of drug-likeness (QED) is 0.307. The van der Waals surface area contributed by atoms with Crippen LogP contribution in [0.1, 0.15) is 106 Å². The molecule has 0 saturated heterocycles. The van der Waals surface area contributed by atoms with Crippen molar-refractivity contribution in [1.29, 1.82) is 0 Å². The summed E-state index contributed by atoms with van der Waals surface area (Å²) in [5, 5.41) is 1.71. The first-order valence-corrected chi connectivity index (χ1v) is 22.5. The van der Waals surface area contributed by atoms with Crippen LogP contribution in [0.25, 0.3) is 11.1 Å². The minimum absolute atomic E-state index is 0.160. The second-order valence-electron chi connectivity index (χ2n) is 15.4. The fourth-order valence-electron chi connectivity index (χ4n) is 6.81. The number of rotatable bonds is 3. The third kappa shape index (κ3) is 5.31. The van der Waals surface area contributed by atoms with Crippen molar-refractivity contribution in [3.05, 3.63) is 79.3 Å². The summed E-state index contributed by atoms with van der Waals surface area (Å²) in [6.45, 7) is 24.3. The molecular weight excluding hydrogens is 552 g/mol. The van der Waals surface area contributed by atoms with Crippen LogP contribution in [0.5, 0.6) is 0 Å². The molecule has 38 heavy (non-hydrogen) atoms. The number of fused-ring (bicyclic) bond motifs is 3. The van der Waals surface area contributed by atoms with Crippen molar-refractivity contribution in [3.63, 3.8) is 0 Å². The van der Waals surface area contributed by atoms with Crippen LogP contribution in [-0.4, -0.2) is 11.3 Å². The van der Waals surface area contributed by atoms with Gasteiger partial charge in [0.2, 0.25) is 0 Å². The van der Waals surface area contributed by atoms with E-state index >= 15 is 0 Å². The van der Waals surface area contributed by atoms with Gasteiger partial charge in [-0.25, -0.2) is 0 Å². The standard InChI is InChI=1S/C21H25.C9H15Si.C6H10.Zr/c1-20(2,3)16-9-7-14-11-15-8-10-17(21(4,5)6)13-19(15)18(14)12-16;1-8-5-6-9(7-8)10(2,3)4;1-2-4-6-5-3-1;/h7-13H,1-6H3;6-8H,1-4H3;1-5H2;. The van der Waals surface area contributed by atoms with Gasteiger partial charge in [-0.3, -0.25) is 0 Å². The summed E-state index contributed by atoms with van der Waals surface area (Å²) in [7, 11) is -1.34. The van der Waals surface area contributed by atoms with Crippen LogP contribution >= 0.6 is 0 Å². The number of hydrogen-bond acceptors (Lipinski definition) is 0. The molecule has 0 aliphatic heterocycles. The molecule has 2 heteroatoms. The molecule has 0 heterocycles. The van der Waals surface area contributed by atoms with Crippen molar-refractivity contribution >= 4 is 11.3 Å². The molecule has 0 N–H and O–H groups in total. The van der Waals surface area contributed by atoms with E-state index in [1.165, 1.54) is 43.2 Å². The van der Waals surface area contributed by atoms with Crippen LogP contribution in [0.4, 0.5) is 0 Å². The fraction of sp³-hybridized carbons (Fsp3) is 0.528. The molecule has 202 valence electrons. The van der Waals surface area contributed by atoms with Crippen LogP contribution in [0.3, 0.4) is 0 Å². The van der Waals surface area contributed by atoms with Gasteiger partial charge in [0, 0.05) is 0 Å². The van der Waals surface area contributed by atoms with E-state index < -0.39 is 29.3 Å². The third-order valence-corrected chi connectivity index (χ3v) is 20.4. The second-order valence-corrected chi connectivity index (χ2v) is 27.1. The van der Waals surface area contributed by atoms with Gasteiger partial charge in [0.05, 0.1) is 0 Å². The fourth-order valence-corrected chi connectivity index (χ4v) is 18.5. The Labute approximate surface area is 242 Å². The monoisotopic (exact) mass is 600 g/mol. The molecule has 5 rings (SSSR count). The zero-order valence-corrected chi connectivity index (χ0v) is 29.3. The zero-order chi connectivity index (χ0) is 27.6. The third-order valence-electron chi connectivity index (χ3n) is 9.29. The average molecular weight is 602 g/mol. The van der Waals surface area contributed by atoms with Crippen LogP contribution in [0, 0.1) is 5.92 Å². The molecule has 0 aromatic heterocycles. The van der Waals surface area contributed by atoms with Gasteiger partial charge in [0.15, 0.2) is 0 Å². The van der Waals surface area contributed by atoms with Gasteiger partial charge in [0.25, 0.3) is 0 Å². The van der Waals surface area contributed by atoms with E-state index in [0.717, 1.165) is 0 Å². The molecule has 2 aromatic rings. The van der Waals surface area contributed by atoms with Crippen molar-refractivity contribution < 1.29 is 21.3 Å². The van der Waals surface area contributed by atoms with Gasteiger partial charge in [-0.2, -0.15) is 0 Å². The molecule has 0 amide bonds. The molecule has 3 aliphatic carbocycles. The average Bonchev–Trinajstić information content (AvgIpc) is 3.37. The van der Waals surface area contributed by atoms with Crippen molar-refractivity contribution in [1.82, 2.24) is 0 Å². The first kappa shape index (κ1) is 28.4. The topological polar surface area (TPSA) is 0 Å². The summed E-state index contributed by atoms with van der Waals surface area (Å²) in [4.78, 5) is 0. The van der Waals surface area contributed by atoms with Crippen LogP contribution in [0.2, 0.25) is 19.6 Å². The van der Waals surface area contributed by atoms with E-state index in [0.29, 0.717) is 9.54 Å². The molecule has 1 saturated carbocycles. The molecule has 0 spiro atoms. The van der Waals surface area contributed by atoms with E-state index in [-0.39, 0.29) is 10.8 Å². The zero-order valence-electron chi connectivity index (χ0n) is 25.8. The Morgan fingerprint density at radius 1 is 0.737 bits per heavy atom. The summed E-state index contributed by atoms with van der Waals surface area (Å²) in [6.07, 6.45) is 12.5. The second kappa shape index (κ2) is 10.1. The minimum atomic E-state index is -2.24. The first-order valence-electron chi connectivity index (χ1n) is 15.1. The van der Waals surface area contributed by atoms with Gasteiger partial charge in [0.1, 0.15) is 0 Å². The van der Waals surface area contributed by atoms with Gasteiger partial charge < -0.3 is 0 Å². The van der Waals surface area contributed by atoms with Crippen LogP contribution < -0.4 is 0 Å². The maximum absolute atomic E-state index is 2.76. The Morgan fingerprint density at radius 2 is 1.24 bits per heavy atom. The molecule has 0 nitrogen and oxygen atoms in total. The van der Waals surface area contributed by atoms with Crippen molar-refractivity contribution in [2.45, 2.75) is 115 Å². The van der Waals surface area contributed by atoms with Gasteiger partial charge in [-0.1, -0.05) is 0 Å².